The third kappa shape index (κ3) is 4.61. The number of amides is 3. The highest BCUT2D eigenvalue weighted by Gasteiger charge is 2.37. The largest absolute Gasteiger partial charge is 0.497 e. The van der Waals surface area contributed by atoms with Crippen LogP contribution in [0.4, 0.5) is 5.69 Å². The molecule has 0 N–H and O–H groups in total. The monoisotopic (exact) mass is 435 g/mol. The lowest BCUT2D eigenvalue weighted by Gasteiger charge is -2.25. The number of aryl methyl sites for hydroxylation is 1. The van der Waals surface area contributed by atoms with E-state index < -0.39 is 0 Å². The number of rotatable bonds is 4. The molecule has 2 saturated heterocycles. The minimum Gasteiger partial charge on any atom is -0.497 e. The molecule has 0 bridgehead atoms. The van der Waals surface area contributed by atoms with Crippen molar-refractivity contribution >= 4 is 23.4 Å². The third-order valence-corrected chi connectivity index (χ3v) is 6.22. The lowest BCUT2D eigenvalue weighted by atomic mass is 10.1. The lowest BCUT2D eigenvalue weighted by molar-refractivity contribution is -0.135. The van der Waals surface area contributed by atoms with E-state index in [9.17, 15) is 14.4 Å². The molecule has 7 nitrogen and oxygen atoms in total. The molecule has 0 saturated carbocycles. The molecule has 0 aliphatic carbocycles. The summed E-state index contributed by atoms with van der Waals surface area (Å²) in [4.78, 5) is 44.0. The summed E-state index contributed by atoms with van der Waals surface area (Å²) in [5.74, 6) is 0.328. The van der Waals surface area contributed by atoms with Crippen molar-refractivity contribution in [3.8, 4) is 5.75 Å². The van der Waals surface area contributed by atoms with Gasteiger partial charge in [-0.15, -0.1) is 0 Å². The lowest BCUT2D eigenvalue weighted by Crippen LogP contribution is -2.40. The molecule has 2 heterocycles. The van der Waals surface area contributed by atoms with Gasteiger partial charge >= 0.3 is 0 Å². The second kappa shape index (κ2) is 9.42. The molecule has 168 valence electrons. The summed E-state index contributed by atoms with van der Waals surface area (Å²) in [5, 5.41) is 0. The number of ether oxygens (including phenoxy) is 1. The van der Waals surface area contributed by atoms with Crippen molar-refractivity contribution in [2.75, 3.05) is 44.7 Å². The molecule has 0 aromatic heterocycles. The Kier molecular flexibility index (Phi) is 6.44. The maximum Gasteiger partial charge on any atom is 0.253 e. The molecular weight excluding hydrogens is 406 g/mol. The van der Waals surface area contributed by atoms with Gasteiger partial charge in [-0.05, 0) is 49.7 Å². The second-order valence-electron chi connectivity index (χ2n) is 8.44. The van der Waals surface area contributed by atoms with Gasteiger partial charge in [0.25, 0.3) is 5.91 Å². The van der Waals surface area contributed by atoms with E-state index in [1.807, 2.05) is 65.3 Å². The van der Waals surface area contributed by atoms with Crippen molar-refractivity contribution in [2.24, 2.45) is 5.92 Å². The molecule has 7 heteroatoms. The normalized spacial score (nSPS) is 19.1. The van der Waals surface area contributed by atoms with Crippen molar-refractivity contribution in [3.63, 3.8) is 0 Å². The van der Waals surface area contributed by atoms with E-state index in [2.05, 4.69) is 0 Å². The Bertz CT molecular complexity index is 1000. The minimum atomic E-state index is -0.358. The predicted molar refractivity (Wildman–Crippen MR) is 122 cm³/mol. The fraction of sp³-hybridized carbons (Fsp3) is 0.400. The smallest absolute Gasteiger partial charge is 0.253 e. The SMILES string of the molecule is COc1ccc(N2CC(C(=O)N3CCCN(C(=O)c4cccc(C)c4)CC3)CC2=O)cc1. The van der Waals surface area contributed by atoms with E-state index in [-0.39, 0.29) is 30.1 Å². The van der Waals surface area contributed by atoms with Crippen molar-refractivity contribution in [2.45, 2.75) is 19.8 Å². The number of hydrogen-bond donors (Lipinski definition) is 0. The van der Waals surface area contributed by atoms with Crippen LogP contribution in [0.1, 0.15) is 28.8 Å². The van der Waals surface area contributed by atoms with Crippen LogP contribution >= 0.6 is 0 Å². The molecule has 0 radical (unpaired) electrons. The first-order valence-corrected chi connectivity index (χ1v) is 11.1. The van der Waals surface area contributed by atoms with Crippen molar-refractivity contribution in [3.05, 3.63) is 59.7 Å². The summed E-state index contributed by atoms with van der Waals surface area (Å²) in [6, 6.07) is 14.9. The summed E-state index contributed by atoms with van der Waals surface area (Å²) in [5.41, 5.74) is 2.51. The standard InChI is InChI=1S/C25H29N3O4/c1-18-5-3-6-19(15-18)24(30)26-11-4-12-27(14-13-26)25(31)20-16-23(29)28(17-20)21-7-9-22(32-2)10-8-21/h3,5-10,15,20H,4,11-14,16-17H2,1-2H3. The van der Waals surface area contributed by atoms with Gasteiger partial charge in [-0.1, -0.05) is 17.7 Å². The van der Waals surface area contributed by atoms with Crippen LogP contribution in [0.2, 0.25) is 0 Å². The zero-order valence-electron chi connectivity index (χ0n) is 18.6. The van der Waals surface area contributed by atoms with Crippen LogP contribution in [0.15, 0.2) is 48.5 Å². The molecule has 0 spiro atoms. The summed E-state index contributed by atoms with van der Waals surface area (Å²) < 4.78 is 5.18. The Morgan fingerprint density at radius 1 is 0.969 bits per heavy atom. The predicted octanol–water partition coefficient (Wildman–Crippen LogP) is 2.73. The maximum absolute atomic E-state index is 13.2. The van der Waals surface area contributed by atoms with E-state index in [0.717, 1.165) is 23.4 Å². The van der Waals surface area contributed by atoms with Gasteiger partial charge in [-0.25, -0.2) is 0 Å². The van der Waals surface area contributed by atoms with Crippen LogP contribution < -0.4 is 9.64 Å². The second-order valence-corrected chi connectivity index (χ2v) is 8.44. The Morgan fingerprint density at radius 3 is 2.41 bits per heavy atom. The highest BCUT2D eigenvalue weighted by molar-refractivity contribution is 6.00. The molecule has 2 aromatic carbocycles. The Morgan fingerprint density at radius 2 is 1.69 bits per heavy atom. The highest BCUT2D eigenvalue weighted by atomic mass is 16.5. The number of carbonyl (C=O) groups is 3. The van der Waals surface area contributed by atoms with Gasteiger partial charge in [0.15, 0.2) is 0 Å². The van der Waals surface area contributed by atoms with Gasteiger partial charge < -0.3 is 19.4 Å². The average molecular weight is 436 g/mol. The van der Waals surface area contributed by atoms with Crippen LogP contribution in [0.5, 0.6) is 5.75 Å². The van der Waals surface area contributed by atoms with Crippen molar-refractivity contribution < 1.29 is 19.1 Å². The minimum absolute atomic E-state index is 0.000726. The van der Waals surface area contributed by atoms with Crippen LogP contribution in [0.3, 0.4) is 0 Å². The molecule has 2 fully saturated rings. The molecule has 2 aliphatic rings. The van der Waals surface area contributed by atoms with E-state index in [0.29, 0.717) is 38.3 Å². The molecule has 4 rings (SSSR count). The number of benzene rings is 2. The van der Waals surface area contributed by atoms with Gasteiger partial charge in [0.05, 0.1) is 13.0 Å². The first-order valence-electron chi connectivity index (χ1n) is 11.1. The molecule has 1 unspecified atom stereocenters. The first-order chi connectivity index (χ1) is 15.5. The van der Waals surface area contributed by atoms with Crippen LogP contribution in [-0.4, -0.2) is 67.4 Å². The van der Waals surface area contributed by atoms with Crippen molar-refractivity contribution in [1.29, 1.82) is 0 Å². The first kappa shape index (κ1) is 21.9. The number of methoxy groups -OCH3 is 1. The van der Waals surface area contributed by atoms with Gasteiger partial charge in [-0.3, -0.25) is 14.4 Å². The molecule has 1 atom stereocenters. The Hall–Kier alpha value is -3.35. The molecule has 2 aromatic rings. The summed E-state index contributed by atoms with van der Waals surface area (Å²) >= 11 is 0. The van der Waals surface area contributed by atoms with Crippen LogP contribution in [-0.2, 0) is 9.59 Å². The quantitative estimate of drug-likeness (QED) is 0.741. The van der Waals surface area contributed by atoms with Gasteiger partial charge in [0.2, 0.25) is 11.8 Å². The van der Waals surface area contributed by atoms with Gasteiger partial charge in [-0.2, -0.15) is 0 Å². The Balaban J connectivity index is 1.37. The summed E-state index contributed by atoms with van der Waals surface area (Å²) in [6.45, 7) is 4.57. The van der Waals surface area contributed by atoms with E-state index in [1.165, 1.54) is 0 Å². The number of anilines is 1. The van der Waals surface area contributed by atoms with Gasteiger partial charge in [0, 0.05) is 50.4 Å². The topological polar surface area (TPSA) is 70.2 Å². The number of hydrogen-bond acceptors (Lipinski definition) is 4. The number of carbonyl (C=O) groups excluding carboxylic acids is 3. The third-order valence-electron chi connectivity index (χ3n) is 6.22. The van der Waals surface area contributed by atoms with Crippen LogP contribution in [0, 0.1) is 12.8 Å². The van der Waals surface area contributed by atoms with E-state index >= 15 is 0 Å². The average Bonchev–Trinajstić information content (AvgIpc) is 3.03. The van der Waals surface area contributed by atoms with E-state index in [4.69, 9.17) is 4.74 Å². The molecule has 32 heavy (non-hydrogen) atoms. The molecule has 3 amide bonds. The Labute approximate surface area is 188 Å². The summed E-state index contributed by atoms with van der Waals surface area (Å²) in [7, 11) is 1.60. The fourth-order valence-electron chi connectivity index (χ4n) is 4.44. The van der Waals surface area contributed by atoms with E-state index in [1.54, 1.807) is 12.0 Å². The number of nitrogens with zero attached hydrogens (tertiary/aromatic N) is 3. The fourth-order valence-corrected chi connectivity index (χ4v) is 4.44. The van der Waals surface area contributed by atoms with Crippen LogP contribution in [0.25, 0.3) is 0 Å². The molecule has 2 aliphatic heterocycles. The van der Waals surface area contributed by atoms with Gasteiger partial charge in [0.1, 0.15) is 5.75 Å². The molecular formula is C25H29N3O4. The van der Waals surface area contributed by atoms with Crippen molar-refractivity contribution in [1.82, 2.24) is 9.80 Å². The highest BCUT2D eigenvalue weighted by Crippen LogP contribution is 2.28. The maximum atomic E-state index is 13.2. The summed E-state index contributed by atoms with van der Waals surface area (Å²) in [6.07, 6.45) is 0.944. The zero-order chi connectivity index (χ0) is 22.7. The zero-order valence-corrected chi connectivity index (χ0v) is 18.6.